The molecule has 5 aromatic rings. The van der Waals surface area contributed by atoms with Crippen molar-refractivity contribution < 1.29 is 8.78 Å². The van der Waals surface area contributed by atoms with Gasteiger partial charge in [0.2, 0.25) is 0 Å². The van der Waals surface area contributed by atoms with Gasteiger partial charge in [-0.3, -0.25) is 20.0 Å². The molecule has 0 aromatic carbocycles. The average molecular weight is 432 g/mol. The maximum atomic E-state index is 13.5. The van der Waals surface area contributed by atoms with Gasteiger partial charge in [-0.25, -0.2) is 18.7 Å². The summed E-state index contributed by atoms with van der Waals surface area (Å²) in [7, 11) is 0. The van der Waals surface area contributed by atoms with Crippen molar-refractivity contribution in [3.8, 4) is 22.6 Å². The molecule has 5 aromatic heterocycles. The normalized spacial score (nSPS) is 16.3. The van der Waals surface area contributed by atoms with Crippen LogP contribution in [0.3, 0.4) is 0 Å². The molecule has 0 unspecified atom stereocenters. The largest absolute Gasteiger partial charge is 0.335 e. The number of likely N-dealkylation sites (tertiary alicyclic amines) is 1. The molecular weight excluding hydrogens is 414 g/mol. The minimum Gasteiger partial charge on any atom is -0.335 e. The van der Waals surface area contributed by atoms with Crippen molar-refractivity contribution in [2.45, 2.75) is 18.9 Å². The quantitative estimate of drug-likeness (QED) is 0.448. The van der Waals surface area contributed by atoms with Crippen LogP contribution in [0, 0.1) is 0 Å². The van der Waals surface area contributed by atoms with Gasteiger partial charge in [-0.1, -0.05) is 0 Å². The molecule has 1 saturated heterocycles. The van der Waals surface area contributed by atoms with Crippen molar-refractivity contribution in [2.24, 2.45) is 0 Å². The van der Waals surface area contributed by atoms with E-state index in [2.05, 4.69) is 35.1 Å². The number of imidazole rings is 1. The van der Waals surface area contributed by atoms with E-state index >= 15 is 0 Å². The fraction of sp³-hybridized carbons (Fsp3) is 0.227. The number of nitrogens with zero attached hydrogens (tertiary/aromatic N) is 6. The Labute approximate surface area is 180 Å². The van der Waals surface area contributed by atoms with Gasteiger partial charge in [-0.05, 0) is 23.8 Å². The zero-order chi connectivity index (χ0) is 21.7. The van der Waals surface area contributed by atoms with Crippen LogP contribution < -0.4 is 0 Å². The van der Waals surface area contributed by atoms with Crippen molar-refractivity contribution >= 4 is 22.1 Å². The van der Waals surface area contributed by atoms with E-state index in [4.69, 9.17) is 0 Å². The summed E-state index contributed by atoms with van der Waals surface area (Å²) in [6, 6.07) is 5.79. The molecule has 8 nitrogen and oxygen atoms in total. The Morgan fingerprint density at radius 1 is 1.06 bits per heavy atom. The van der Waals surface area contributed by atoms with Gasteiger partial charge in [-0.2, -0.15) is 5.10 Å². The van der Waals surface area contributed by atoms with Crippen molar-refractivity contribution in [1.82, 2.24) is 40.0 Å². The van der Waals surface area contributed by atoms with E-state index in [1.54, 1.807) is 35.9 Å². The number of hydrogen-bond donors (Lipinski definition) is 2. The molecule has 0 saturated carbocycles. The van der Waals surface area contributed by atoms with Gasteiger partial charge in [-0.15, -0.1) is 0 Å². The molecule has 6 rings (SSSR count). The lowest BCUT2D eigenvalue weighted by molar-refractivity contribution is 0.0115. The Balaban J connectivity index is 1.34. The first-order chi connectivity index (χ1) is 15.5. The van der Waals surface area contributed by atoms with Crippen LogP contribution in [0.15, 0.2) is 49.2 Å². The van der Waals surface area contributed by atoms with E-state index in [0.717, 1.165) is 33.1 Å². The van der Waals surface area contributed by atoms with Crippen LogP contribution in [0.4, 0.5) is 8.78 Å². The van der Waals surface area contributed by atoms with Gasteiger partial charge in [0.25, 0.3) is 5.92 Å². The van der Waals surface area contributed by atoms with Crippen LogP contribution in [0.2, 0.25) is 0 Å². The first kappa shape index (κ1) is 18.9. The predicted molar refractivity (Wildman–Crippen MR) is 115 cm³/mol. The van der Waals surface area contributed by atoms with E-state index in [1.165, 1.54) is 0 Å². The van der Waals surface area contributed by atoms with Crippen LogP contribution >= 0.6 is 0 Å². The summed E-state index contributed by atoms with van der Waals surface area (Å²) in [5, 5.41) is 8.17. The minimum atomic E-state index is -2.61. The van der Waals surface area contributed by atoms with Crippen molar-refractivity contribution in [3.05, 3.63) is 54.7 Å². The molecule has 0 amide bonds. The summed E-state index contributed by atoms with van der Waals surface area (Å²) in [4.78, 5) is 22.5. The first-order valence-corrected chi connectivity index (χ1v) is 10.2. The van der Waals surface area contributed by atoms with E-state index in [-0.39, 0.29) is 13.0 Å². The monoisotopic (exact) mass is 432 g/mol. The number of nitrogens with one attached hydrogen (secondary N) is 2. The summed E-state index contributed by atoms with van der Waals surface area (Å²) in [6.07, 6.45) is 8.53. The predicted octanol–water partition coefficient (Wildman–Crippen LogP) is 3.80. The number of rotatable bonds is 4. The molecule has 0 spiro atoms. The van der Waals surface area contributed by atoms with Gasteiger partial charge in [0.05, 0.1) is 29.2 Å². The highest BCUT2D eigenvalue weighted by molar-refractivity contribution is 5.93. The third-order valence-electron chi connectivity index (χ3n) is 5.71. The SMILES string of the molecule is FC1(F)CCN(Cc2cncc(-c3cnc4[nH]nc(-c5nc6ccncc6[nH]5)c4c3)c2)C1. The molecule has 160 valence electrons. The number of aromatic amines is 2. The highest BCUT2D eigenvalue weighted by atomic mass is 19.3. The second kappa shape index (κ2) is 7.13. The summed E-state index contributed by atoms with van der Waals surface area (Å²) >= 11 is 0. The Bertz CT molecular complexity index is 1410. The third kappa shape index (κ3) is 3.38. The van der Waals surface area contributed by atoms with Crippen LogP contribution in [0.25, 0.3) is 44.7 Å². The van der Waals surface area contributed by atoms with Gasteiger partial charge < -0.3 is 4.98 Å². The fourth-order valence-corrected chi connectivity index (χ4v) is 4.14. The number of hydrogen-bond acceptors (Lipinski definition) is 6. The molecule has 0 bridgehead atoms. The van der Waals surface area contributed by atoms with E-state index < -0.39 is 5.92 Å². The Kier molecular flexibility index (Phi) is 4.22. The van der Waals surface area contributed by atoms with Crippen LogP contribution in [-0.4, -0.2) is 59.0 Å². The number of pyridine rings is 3. The topological polar surface area (TPSA) is 99.3 Å². The molecule has 0 atom stereocenters. The molecule has 2 N–H and O–H groups in total. The summed E-state index contributed by atoms with van der Waals surface area (Å²) in [5.74, 6) is -1.98. The Morgan fingerprint density at radius 2 is 1.97 bits per heavy atom. The number of fused-ring (bicyclic) bond motifs is 2. The van der Waals surface area contributed by atoms with Gasteiger partial charge in [0.15, 0.2) is 11.5 Å². The highest BCUT2D eigenvalue weighted by Gasteiger charge is 2.37. The molecule has 0 aliphatic carbocycles. The smallest absolute Gasteiger partial charge is 0.261 e. The lowest BCUT2D eigenvalue weighted by Gasteiger charge is -2.15. The van der Waals surface area contributed by atoms with Crippen molar-refractivity contribution in [2.75, 3.05) is 13.1 Å². The molecule has 1 fully saturated rings. The second-order valence-electron chi connectivity index (χ2n) is 8.07. The molecule has 0 radical (unpaired) electrons. The minimum absolute atomic E-state index is 0.0954. The third-order valence-corrected chi connectivity index (χ3v) is 5.71. The number of alkyl halides is 2. The molecule has 6 heterocycles. The zero-order valence-electron chi connectivity index (χ0n) is 16.9. The summed E-state index contributed by atoms with van der Waals surface area (Å²) < 4.78 is 27.0. The van der Waals surface area contributed by atoms with E-state index in [9.17, 15) is 8.78 Å². The van der Waals surface area contributed by atoms with Crippen molar-refractivity contribution in [1.29, 1.82) is 0 Å². The highest BCUT2D eigenvalue weighted by Crippen LogP contribution is 2.30. The van der Waals surface area contributed by atoms with Crippen LogP contribution in [0.5, 0.6) is 0 Å². The average Bonchev–Trinajstić information content (AvgIpc) is 3.49. The standard InChI is InChI=1S/C22H18F2N8/c23-22(24)2-4-32(12-22)11-13-5-14(8-26-7-13)15-6-16-19(30-31-20(16)27-9-15)21-28-17-1-3-25-10-18(17)29-21/h1,3,5-10H,2,4,11-12H2,(H,28,29)(H,27,30,31). The molecule has 1 aliphatic heterocycles. The van der Waals surface area contributed by atoms with E-state index in [1.807, 2.05) is 18.2 Å². The molecule has 10 heteroatoms. The lowest BCUT2D eigenvalue weighted by Crippen LogP contribution is -2.24. The summed E-state index contributed by atoms with van der Waals surface area (Å²) in [6.45, 7) is 0.613. The molecule has 1 aliphatic rings. The molecular formula is C22H18F2N8. The summed E-state index contributed by atoms with van der Waals surface area (Å²) in [5.41, 5.74) is 5.55. The van der Waals surface area contributed by atoms with Crippen LogP contribution in [0.1, 0.15) is 12.0 Å². The van der Waals surface area contributed by atoms with Gasteiger partial charge in [0, 0.05) is 55.4 Å². The number of halogens is 2. The maximum absolute atomic E-state index is 13.5. The van der Waals surface area contributed by atoms with Gasteiger partial charge >= 0.3 is 0 Å². The second-order valence-corrected chi connectivity index (χ2v) is 8.07. The Morgan fingerprint density at radius 3 is 2.81 bits per heavy atom. The maximum Gasteiger partial charge on any atom is 0.261 e. The molecule has 32 heavy (non-hydrogen) atoms. The lowest BCUT2D eigenvalue weighted by atomic mass is 10.1. The van der Waals surface area contributed by atoms with Crippen molar-refractivity contribution in [3.63, 3.8) is 0 Å². The number of H-pyrrole nitrogens is 2. The van der Waals surface area contributed by atoms with Gasteiger partial charge in [0.1, 0.15) is 5.69 Å². The Hall–Kier alpha value is -3.79. The zero-order valence-corrected chi connectivity index (χ0v) is 16.9. The van der Waals surface area contributed by atoms with E-state index in [0.29, 0.717) is 30.3 Å². The van der Waals surface area contributed by atoms with Crippen LogP contribution in [-0.2, 0) is 6.54 Å². The first-order valence-electron chi connectivity index (χ1n) is 10.2. The fourth-order valence-electron chi connectivity index (χ4n) is 4.14. The number of aromatic nitrogens is 7.